The van der Waals surface area contributed by atoms with Crippen LogP contribution in [0, 0.1) is 0 Å². The lowest BCUT2D eigenvalue weighted by Gasteiger charge is -2.21. The number of para-hydroxylation sites is 1. The summed E-state index contributed by atoms with van der Waals surface area (Å²) in [7, 11) is 0. The van der Waals surface area contributed by atoms with Crippen LogP contribution in [-0.2, 0) is 5.41 Å². The lowest BCUT2D eigenvalue weighted by Crippen LogP contribution is -2.14. The molecule has 0 N–H and O–H groups in total. The normalized spacial score (nSPS) is 18.7. The van der Waals surface area contributed by atoms with Crippen LogP contribution in [0.3, 0.4) is 0 Å². The SMILES string of the molecule is [2H]c1c([2H])c([2H])c2c(oc3c(-c4c([2H])c([2H])c5c([2H])c([2H])c([2H])c([2H])c5c4[2H])c4c([2H])c([2H])c([2H])c([2H])c4c(-c4ccc5c(c4)-c4ccccc4C5(C)C)c32)c1[2H]. The molecule has 0 unspecified atom stereocenters. The Labute approximate surface area is 265 Å². The van der Waals surface area contributed by atoms with Crippen LogP contribution in [0.5, 0.6) is 0 Å². The summed E-state index contributed by atoms with van der Waals surface area (Å²) in [5.74, 6) is 0. The van der Waals surface area contributed by atoms with Gasteiger partial charge in [0, 0.05) is 27.3 Å². The maximum atomic E-state index is 9.47. The van der Waals surface area contributed by atoms with E-state index in [-0.39, 0.29) is 49.2 Å². The monoisotopic (exact) mass is 551 g/mol. The molecular formula is C41H28O. The number of hydrogen-bond acceptors (Lipinski definition) is 1. The molecule has 8 aromatic rings. The molecule has 0 spiro atoms. The molecule has 1 aromatic heterocycles. The molecule has 0 atom stereocenters. The maximum absolute atomic E-state index is 9.47. The molecule has 0 saturated heterocycles. The quantitative estimate of drug-likeness (QED) is 0.208. The van der Waals surface area contributed by atoms with Crippen molar-refractivity contribution in [3.05, 3.63) is 144 Å². The number of benzene rings is 7. The van der Waals surface area contributed by atoms with Crippen molar-refractivity contribution in [1.82, 2.24) is 0 Å². The van der Waals surface area contributed by atoms with E-state index in [0.717, 1.165) is 22.3 Å². The average molecular weight is 552 g/mol. The fraction of sp³-hybridized carbons (Fsp3) is 0.0732. The van der Waals surface area contributed by atoms with Gasteiger partial charge in [-0.3, -0.25) is 0 Å². The van der Waals surface area contributed by atoms with E-state index in [2.05, 4.69) is 13.8 Å². The first-order valence-corrected chi connectivity index (χ1v) is 13.5. The zero-order valence-corrected chi connectivity index (χ0v) is 22.4. The summed E-state index contributed by atoms with van der Waals surface area (Å²) < 4.78 is 140. The van der Waals surface area contributed by atoms with Crippen molar-refractivity contribution in [2.45, 2.75) is 19.3 Å². The van der Waals surface area contributed by atoms with Gasteiger partial charge >= 0.3 is 0 Å². The smallest absolute Gasteiger partial charge is 0.144 e. The van der Waals surface area contributed by atoms with Gasteiger partial charge in [-0.2, -0.15) is 0 Å². The van der Waals surface area contributed by atoms with E-state index in [1.807, 2.05) is 36.4 Å². The van der Waals surface area contributed by atoms with E-state index in [4.69, 9.17) is 19.5 Å². The van der Waals surface area contributed by atoms with Crippen molar-refractivity contribution in [2.24, 2.45) is 0 Å². The number of hydrogen-bond donors (Lipinski definition) is 0. The van der Waals surface area contributed by atoms with Crippen LogP contribution in [0.15, 0.2) is 138 Å². The van der Waals surface area contributed by atoms with Gasteiger partial charge in [0.05, 0.1) is 20.6 Å². The summed E-state index contributed by atoms with van der Waals surface area (Å²) in [5, 5.41) is -1.23. The van der Waals surface area contributed by atoms with Crippen LogP contribution >= 0.6 is 0 Å². The van der Waals surface area contributed by atoms with Crippen LogP contribution < -0.4 is 0 Å². The highest BCUT2D eigenvalue weighted by atomic mass is 16.3. The molecule has 0 aliphatic heterocycles. The minimum absolute atomic E-state index is 0.00964. The van der Waals surface area contributed by atoms with Crippen molar-refractivity contribution in [3.8, 4) is 33.4 Å². The molecule has 198 valence electrons. The predicted molar refractivity (Wildman–Crippen MR) is 177 cm³/mol. The van der Waals surface area contributed by atoms with Crippen molar-refractivity contribution in [2.75, 3.05) is 0 Å². The second-order valence-electron chi connectivity index (χ2n) is 10.9. The first kappa shape index (κ1) is 13.2. The van der Waals surface area contributed by atoms with E-state index < -0.39 is 107 Å². The van der Waals surface area contributed by atoms with Crippen LogP contribution in [0.4, 0.5) is 0 Å². The van der Waals surface area contributed by atoms with Crippen molar-refractivity contribution < 1.29 is 25.0 Å². The van der Waals surface area contributed by atoms with Crippen molar-refractivity contribution in [3.63, 3.8) is 0 Å². The Morgan fingerprint density at radius 1 is 0.595 bits per heavy atom. The molecule has 0 bridgehead atoms. The molecule has 42 heavy (non-hydrogen) atoms. The van der Waals surface area contributed by atoms with E-state index >= 15 is 0 Å². The van der Waals surface area contributed by atoms with Crippen LogP contribution in [0.25, 0.3) is 76.9 Å². The molecule has 1 aliphatic carbocycles. The maximum Gasteiger partial charge on any atom is 0.144 e. The summed E-state index contributed by atoms with van der Waals surface area (Å²) >= 11 is 0. The largest absolute Gasteiger partial charge is 0.455 e. The first-order valence-electron chi connectivity index (χ1n) is 21.0. The molecule has 0 amide bonds. The third-order valence-electron chi connectivity index (χ3n) is 8.37. The molecular weight excluding hydrogens is 508 g/mol. The molecule has 7 aromatic carbocycles. The number of fused-ring (bicyclic) bond motifs is 8. The molecule has 0 radical (unpaired) electrons. The van der Waals surface area contributed by atoms with Crippen LogP contribution in [-0.4, -0.2) is 0 Å². The van der Waals surface area contributed by atoms with Gasteiger partial charge in [0.15, 0.2) is 0 Å². The van der Waals surface area contributed by atoms with Gasteiger partial charge in [-0.15, -0.1) is 0 Å². The van der Waals surface area contributed by atoms with E-state index in [1.165, 1.54) is 0 Å². The van der Waals surface area contributed by atoms with Crippen molar-refractivity contribution >= 4 is 43.5 Å². The molecule has 9 rings (SSSR count). The third kappa shape index (κ3) is 3.14. The second kappa shape index (κ2) is 8.44. The predicted octanol–water partition coefficient (Wildman–Crippen LogP) is 11.5. The highest BCUT2D eigenvalue weighted by Crippen LogP contribution is 2.52. The standard InChI is InChI=1S/C41H28O/c1-41(2)34-17-9-7-13-29(34)33-24-28(21-22-35(33)41)37-30-14-5-6-15-31(30)38(27-20-19-25-11-3-4-12-26(25)23-27)40-39(37)32-16-8-10-18-36(32)42-40/h3-24H,1-2H3/i3D,4D,5D,6D,8D,10D,11D,12D,14D,15D,16D,18D,19D,20D,23D. The molecule has 1 heterocycles. The minimum atomic E-state index is -0.698. The van der Waals surface area contributed by atoms with E-state index in [9.17, 15) is 5.48 Å². The number of furan rings is 1. The zero-order chi connectivity index (χ0) is 41.1. The lowest BCUT2D eigenvalue weighted by atomic mass is 9.81. The molecule has 1 aliphatic rings. The van der Waals surface area contributed by atoms with E-state index in [1.54, 1.807) is 6.07 Å². The van der Waals surface area contributed by atoms with Crippen LogP contribution in [0.1, 0.15) is 45.5 Å². The molecule has 1 heteroatoms. The summed E-state index contributed by atoms with van der Waals surface area (Å²) in [6.45, 7) is 4.19. The summed E-state index contributed by atoms with van der Waals surface area (Å²) in [6.07, 6.45) is 0. The molecule has 1 nitrogen and oxygen atoms in total. The van der Waals surface area contributed by atoms with Gasteiger partial charge in [-0.05, 0) is 73.1 Å². The Morgan fingerprint density at radius 2 is 1.29 bits per heavy atom. The Balaban J connectivity index is 1.60. The summed E-state index contributed by atoms with van der Waals surface area (Å²) in [5.41, 5.74) is 2.71. The Kier molecular flexibility index (Phi) is 2.66. The zero-order valence-electron chi connectivity index (χ0n) is 37.4. The Bertz CT molecular complexity index is 3220. The highest BCUT2D eigenvalue weighted by molar-refractivity contribution is 6.27. The van der Waals surface area contributed by atoms with Gasteiger partial charge in [-0.1, -0.05) is 129 Å². The first-order chi connectivity index (χ1) is 26.8. The fourth-order valence-electron chi connectivity index (χ4n) is 6.47. The van der Waals surface area contributed by atoms with Gasteiger partial charge in [0.25, 0.3) is 0 Å². The Morgan fingerprint density at radius 3 is 2.14 bits per heavy atom. The summed E-state index contributed by atoms with van der Waals surface area (Å²) in [6, 6.07) is 4.13. The average Bonchev–Trinajstić information content (AvgIpc) is 3.70. The topological polar surface area (TPSA) is 13.1 Å². The van der Waals surface area contributed by atoms with Gasteiger partial charge in [0.1, 0.15) is 11.2 Å². The summed E-state index contributed by atoms with van der Waals surface area (Å²) in [4.78, 5) is 0. The highest BCUT2D eigenvalue weighted by Gasteiger charge is 2.35. The van der Waals surface area contributed by atoms with Gasteiger partial charge in [-0.25, -0.2) is 0 Å². The second-order valence-corrected chi connectivity index (χ2v) is 10.9. The fourth-order valence-corrected chi connectivity index (χ4v) is 6.47. The van der Waals surface area contributed by atoms with Gasteiger partial charge < -0.3 is 4.42 Å². The lowest BCUT2D eigenvalue weighted by molar-refractivity contribution is 0.660. The molecule has 0 saturated carbocycles. The van der Waals surface area contributed by atoms with E-state index in [0.29, 0.717) is 5.56 Å². The minimum Gasteiger partial charge on any atom is -0.455 e. The van der Waals surface area contributed by atoms with Crippen LogP contribution in [0.2, 0.25) is 0 Å². The Hall–Kier alpha value is -5.14. The van der Waals surface area contributed by atoms with Gasteiger partial charge in [0.2, 0.25) is 0 Å². The third-order valence-corrected chi connectivity index (χ3v) is 8.37. The molecule has 0 fully saturated rings. The number of rotatable bonds is 2. The van der Waals surface area contributed by atoms with Crippen molar-refractivity contribution in [1.29, 1.82) is 0 Å².